The van der Waals surface area contributed by atoms with E-state index >= 15 is 0 Å². The molecule has 3 rings (SSSR count). The lowest BCUT2D eigenvalue weighted by Crippen LogP contribution is -2.15. The van der Waals surface area contributed by atoms with Crippen LogP contribution in [-0.4, -0.2) is 11.1 Å². The van der Waals surface area contributed by atoms with Crippen molar-refractivity contribution in [2.45, 2.75) is 47.1 Å². The van der Waals surface area contributed by atoms with Gasteiger partial charge in [0.15, 0.2) is 0 Å². The van der Waals surface area contributed by atoms with Crippen LogP contribution in [0.4, 0.5) is 5.69 Å². The molecule has 0 aliphatic heterocycles. The molecule has 5 nitrogen and oxygen atoms in total. The number of halogens is 1. The molecule has 0 spiro atoms. The topological polar surface area (TPSA) is 64.4 Å². The molecule has 0 bridgehead atoms. The fourth-order valence-corrected chi connectivity index (χ4v) is 3.53. The number of aryl methyl sites for hydroxylation is 3. The molecule has 0 unspecified atom stereocenters. The second kappa shape index (κ2) is 9.14. The van der Waals surface area contributed by atoms with Gasteiger partial charge in [-0.25, -0.2) is 0 Å². The number of benzene rings is 2. The van der Waals surface area contributed by atoms with Gasteiger partial charge in [0.1, 0.15) is 18.1 Å². The number of aromatic nitrogens is 1. The summed E-state index contributed by atoms with van der Waals surface area (Å²) in [6.07, 6.45) is 1.54. The lowest BCUT2D eigenvalue weighted by molar-refractivity contribution is 0.102. The Labute approximate surface area is 176 Å². The van der Waals surface area contributed by atoms with E-state index in [2.05, 4.69) is 17.4 Å². The van der Waals surface area contributed by atoms with Crippen molar-refractivity contribution in [3.05, 3.63) is 75.1 Å². The molecular weight excluding hydrogens is 388 g/mol. The molecule has 0 saturated heterocycles. The first-order chi connectivity index (χ1) is 13.9. The van der Waals surface area contributed by atoms with Crippen LogP contribution >= 0.6 is 11.6 Å². The Bertz CT molecular complexity index is 1010. The van der Waals surface area contributed by atoms with Gasteiger partial charge in [-0.3, -0.25) is 4.79 Å². The average molecular weight is 413 g/mol. The maximum atomic E-state index is 12.9. The smallest absolute Gasteiger partial charge is 0.255 e. The van der Waals surface area contributed by atoms with E-state index in [-0.39, 0.29) is 5.91 Å². The summed E-state index contributed by atoms with van der Waals surface area (Å²) in [5.74, 6) is 1.14. The Kier molecular flexibility index (Phi) is 6.60. The Hall–Kier alpha value is -2.79. The van der Waals surface area contributed by atoms with Crippen LogP contribution in [0.2, 0.25) is 5.02 Å². The predicted molar refractivity (Wildman–Crippen MR) is 115 cm³/mol. The predicted octanol–water partition coefficient (Wildman–Crippen LogP) is 5.90. The Morgan fingerprint density at radius 3 is 2.59 bits per heavy atom. The first kappa shape index (κ1) is 20.9. The zero-order chi connectivity index (χ0) is 21.0. The fourth-order valence-electron chi connectivity index (χ4n) is 3.24. The number of nitrogens with one attached hydrogen (secondary N) is 1. The zero-order valence-electron chi connectivity index (χ0n) is 17.1. The first-order valence-electron chi connectivity index (χ1n) is 9.70. The number of hydrogen-bond acceptors (Lipinski definition) is 4. The highest BCUT2D eigenvalue weighted by molar-refractivity contribution is 6.32. The van der Waals surface area contributed by atoms with Gasteiger partial charge in [0.25, 0.3) is 5.91 Å². The van der Waals surface area contributed by atoms with Crippen LogP contribution in [0.5, 0.6) is 5.75 Å². The van der Waals surface area contributed by atoms with Crippen molar-refractivity contribution in [2.24, 2.45) is 0 Å². The van der Waals surface area contributed by atoms with E-state index in [1.165, 1.54) is 0 Å². The molecule has 152 valence electrons. The van der Waals surface area contributed by atoms with Crippen molar-refractivity contribution in [1.82, 2.24) is 5.16 Å². The quantitative estimate of drug-likeness (QED) is 0.524. The van der Waals surface area contributed by atoms with Gasteiger partial charge in [-0.2, -0.15) is 0 Å². The maximum Gasteiger partial charge on any atom is 0.255 e. The zero-order valence-corrected chi connectivity index (χ0v) is 17.9. The van der Waals surface area contributed by atoms with Crippen LogP contribution in [0, 0.1) is 13.8 Å². The van der Waals surface area contributed by atoms with Gasteiger partial charge in [0.2, 0.25) is 0 Å². The highest BCUT2D eigenvalue weighted by atomic mass is 35.5. The lowest BCUT2D eigenvalue weighted by atomic mass is 10.0. The summed E-state index contributed by atoms with van der Waals surface area (Å²) in [7, 11) is 0. The number of ether oxygens (including phenoxy) is 1. The summed E-state index contributed by atoms with van der Waals surface area (Å²) in [4.78, 5) is 12.9. The van der Waals surface area contributed by atoms with E-state index in [4.69, 9.17) is 20.9 Å². The summed E-state index contributed by atoms with van der Waals surface area (Å²) in [6.45, 7) is 8.15. The molecule has 0 aliphatic rings. The van der Waals surface area contributed by atoms with Gasteiger partial charge in [-0.1, -0.05) is 42.7 Å². The molecule has 1 heterocycles. The lowest BCUT2D eigenvalue weighted by Gasteiger charge is -2.16. The van der Waals surface area contributed by atoms with Gasteiger partial charge in [-0.15, -0.1) is 0 Å². The minimum atomic E-state index is -0.195. The van der Waals surface area contributed by atoms with E-state index in [0.29, 0.717) is 22.9 Å². The second-order valence-electron chi connectivity index (χ2n) is 6.84. The van der Waals surface area contributed by atoms with E-state index in [9.17, 15) is 4.79 Å². The Morgan fingerprint density at radius 2 is 1.93 bits per heavy atom. The molecule has 0 radical (unpaired) electrons. The van der Waals surface area contributed by atoms with E-state index in [1.54, 1.807) is 18.2 Å². The fraction of sp³-hybridized carbons (Fsp3) is 0.304. The normalized spacial score (nSPS) is 10.8. The molecule has 0 fully saturated rings. The van der Waals surface area contributed by atoms with Gasteiger partial charge in [0, 0.05) is 16.3 Å². The van der Waals surface area contributed by atoms with Gasteiger partial charge < -0.3 is 14.6 Å². The maximum absolute atomic E-state index is 12.9. The number of nitrogens with zero attached hydrogens (tertiary/aromatic N) is 1. The standard InChI is InChI=1S/C23H25ClN2O3/c1-5-16-10-11-21(24)19(6-2)22(16)25-23(27)17-8-7-9-18(12-17)28-13-20-14(3)26-29-15(20)4/h7-12H,5-6,13H2,1-4H3,(H,25,27). The number of rotatable bonds is 7. The Morgan fingerprint density at radius 1 is 1.14 bits per heavy atom. The third-order valence-electron chi connectivity index (χ3n) is 4.98. The van der Waals surface area contributed by atoms with Crippen molar-refractivity contribution in [1.29, 1.82) is 0 Å². The molecule has 0 aliphatic carbocycles. The van der Waals surface area contributed by atoms with Gasteiger partial charge in [0.05, 0.1) is 11.3 Å². The molecule has 1 aromatic heterocycles. The van der Waals surface area contributed by atoms with Crippen molar-refractivity contribution in [3.8, 4) is 5.75 Å². The average Bonchev–Trinajstić information content (AvgIpc) is 3.04. The minimum Gasteiger partial charge on any atom is -0.489 e. The molecular formula is C23H25ClN2O3. The van der Waals surface area contributed by atoms with E-state index in [0.717, 1.165) is 46.7 Å². The minimum absolute atomic E-state index is 0.195. The van der Waals surface area contributed by atoms with Crippen LogP contribution in [0.25, 0.3) is 0 Å². The van der Waals surface area contributed by atoms with Crippen LogP contribution in [-0.2, 0) is 19.4 Å². The Balaban J connectivity index is 1.79. The van der Waals surface area contributed by atoms with Crippen molar-refractivity contribution < 1.29 is 14.1 Å². The van der Waals surface area contributed by atoms with Crippen molar-refractivity contribution in [2.75, 3.05) is 5.32 Å². The third-order valence-corrected chi connectivity index (χ3v) is 5.33. The molecule has 29 heavy (non-hydrogen) atoms. The summed E-state index contributed by atoms with van der Waals surface area (Å²) < 4.78 is 11.0. The number of carbonyl (C=O) groups is 1. The highest BCUT2D eigenvalue weighted by Crippen LogP contribution is 2.30. The number of hydrogen-bond donors (Lipinski definition) is 1. The number of amides is 1. The second-order valence-corrected chi connectivity index (χ2v) is 7.25. The molecule has 0 atom stereocenters. The number of carbonyl (C=O) groups excluding carboxylic acids is 1. The van der Waals surface area contributed by atoms with E-state index in [1.807, 2.05) is 39.0 Å². The van der Waals surface area contributed by atoms with Crippen molar-refractivity contribution >= 4 is 23.2 Å². The summed E-state index contributed by atoms with van der Waals surface area (Å²) in [6, 6.07) is 11.0. The molecule has 3 aromatic rings. The first-order valence-corrected chi connectivity index (χ1v) is 10.1. The molecule has 1 amide bonds. The number of anilines is 1. The molecule has 1 N–H and O–H groups in total. The van der Waals surface area contributed by atoms with Crippen LogP contribution in [0.15, 0.2) is 40.9 Å². The molecule has 6 heteroatoms. The van der Waals surface area contributed by atoms with Gasteiger partial charge >= 0.3 is 0 Å². The van der Waals surface area contributed by atoms with E-state index < -0.39 is 0 Å². The van der Waals surface area contributed by atoms with Gasteiger partial charge in [-0.05, 0) is 62.1 Å². The summed E-state index contributed by atoms with van der Waals surface area (Å²) in [5, 5.41) is 7.64. The highest BCUT2D eigenvalue weighted by Gasteiger charge is 2.15. The van der Waals surface area contributed by atoms with Crippen molar-refractivity contribution in [3.63, 3.8) is 0 Å². The molecule has 0 saturated carbocycles. The summed E-state index contributed by atoms with van der Waals surface area (Å²) in [5.41, 5.74) is 5.05. The third kappa shape index (κ3) is 4.62. The summed E-state index contributed by atoms with van der Waals surface area (Å²) >= 11 is 6.34. The molecule has 2 aromatic carbocycles. The van der Waals surface area contributed by atoms with Crippen LogP contribution < -0.4 is 10.1 Å². The SMILES string of the molecule is CCc1ccc(Cl)c(CC)c1NC(=O)c1cccc(OCc2c(C)noc2C)c1. The van der Waals surface area contributed by atoms with Crippen LogP contribution in [0.3, 0.4) is 0 Å². The monoisotopic (exact) mass is 412 g/mol. The van der Waals surface area contributed by atoms with Crippen LogP contribution in [0.1, 0.15) is 52.3 Å². The largest absolute Gasteiger partial charge is 0.489 e.